The number of benzene rings is 2. The maximum atomic E-state index is 12.7. The van der Waals surface area contributed by atoms with Gasteiger partial charge in [0.1, 0.15) is 17.3 Å². The van der Waals surface area contributed by atoms with E-state index in [-0.39, 0.29) is 5.91 Å². The predicted molar refractivity (Wildman–Crippen MR) is 108 cm³/mol. The Balaban J connectivity index is 1.53. The van der Waals surface area contributed by atoms with E-state index in [1.54, 1.807) is 14.2 Å². The summed E-state index contributed by atoms with van der Waals surface area (Å²) in [6, 6.07) is 11.3. The van der Waals surface area contributed by atoms with E-state index in [9.17, 15) is 4.79 Å². The molecule has 1 aliphatic rings. The Labute approximate surface area is 164 Å². The molecule has 1 atom stereocenters. The van der Waals surface area contributed by atoms with Crippen molar-refractivity contribution in [1.29, 1.82) is 0 Å². The van der Waals surface area contributed by atoms with Crippen molar-refractivity contribution in [3.63, 3.8) is 0 Å². The van der Waals surface area contributed by atoms with Gasteiger partial charge in [0, 0.05) is 30.6 Å². The van der Waals surface area contributed by atoms with Crippen LogP contribution in [0, 0.1) is 5.92 Å². The molecule has 28 heavy (non-hydrogen) atoms. The first-order chi connectivity index (χ1) is 13.6. The largest absolute Gasteiger partial charge is 0.497 e. The summed E-state index contributed by atoms with van der Waals surface area (Å²) in [4.78, 5) is 17.5. The Kier molecular flexibility index (Phi) is 4.94. The number of aromatic nitrogens is 2. The molecular weight excluding hydrogens is 354 g/mol. The summed E-state index contributed by atoms with van der Waals surface area (Å²) in [5.74, 6) is 3.08. The van der Waals surface area contributed by atoms with Gasteiger partial charge in [-0.2, -0.15) is 0 Å². The number of nitrogens with one attached hydrogen (secondary N) is 1. The molecule has 0 spiro atoms. The highest BCUT2D eigenvalue weighted by Gasteiger charge is 2.20. The van der Waals surface area contributed by atoms with Crippen LogP contribution in [-0.4, -0.2) is 29.7 Å². The number of methoxy groups -OCH3 is 2. The SMILES string of the molecule is COc1ccc(OC)c(CNC(=O)c2ccc3c(c2)nc2n3CC[C@H](C)C2)c1. The molecule has 1 aromatic heterocycles. The fraction of sp³-hybridized carbons (Fsp3) is 0.364. The van der Waals surface area contributed by atoms with E-state index >= 15 is 0 Å². The molecular formula is C22H25N3O3. The number of aryl methyl sites for hydroxylation is 1. The minimum Gasteiger partial charge on any atom is -0.497 e. The molecule has 1 amide bonds. The summed E-state index contributed by atoms with van der Waals surface area (Å²) in [7, 11) is 3.23. The number of carbonyl (C=O) groups is 1. The van der Waals surface area contributed by atoms with Crippen LogP contribution in [0.5, 0.6) is 11.5 Å². The number of amides is 1. The van der Waals surface area contributed by atoms with Crippen molar-refractivity contribution in [2.24, 2.45) is 5.92 Å². The highest BCUT2D eigenvalue weighted by molar-refractivity contribution is 5.97. The van der Waals surface area contributed by atoms with Gasteiger partial charge in [-0.3, -0.25) is 4.79 Å². The van der Waals surface area contributed by atoms with E-state index in [1.165, 1.54) is 6.42 Å². The highest BCUT2D eigenvalue weighted by Crippen LogP contribution is 2.26. The number of fused-ring (bicyclic) bond motifs is 3. The van der Waals surface area contributed by atoms with Crippen LogP contribution in [0.1, 0.15) is 35.1 Å². The monoisotopic (exact) mass is 379 g/mol. The lowest BCUT2D eigenvalue weighted by Crippen LogP contribution is -2.23. The normalized spacial score (nSPS) is 15.9. The molecule has 0 saturated heterocycles. The Morgan fingerprint density at radius 3 is 2.86 bits per heavy atom. The molecule has 2 aromatic carbocycles. The van der Waals surface area contributed by atoms with Gasteiger partial charge in [-0.25, -0.2) is 4.98 Å². The number of hydrogen-bond donors (Lipinski definition) is 1. The lowest BCUT2D eigenvalue weighted by atomic mass is 10.0. The van der Waals surface area contributed by atoms with Gasteiger partial charge in [-0.05, 0) is 48.7 Å². The summed E-state index contributed by atoms with van der Waals surface area (Å²) >= 11 is 0. The van der Waals surface area contributed by atoms with Crippen LogP contribution in [0.3, 0.4) is 0 Å². The van der Waals surface area contributed by atoms with E-state index in [4.69, 9.17) is 14.5 Å². The van der Waals surface area contributed by atoms with Gasteiger partial charge in [0.05, 0.1) is 25.3 Å². The maximum absolute atomic E-state index is 12.7. The smallest absolute Gasteiger partial charge is 0.251 e. The molecule has 0 radical (unpaired) electrons. The number of imidazole rings is 1. The minimum atomic E-state index is -0.133. The van der Waals surface area contributed by atoms with Crippen molar-refractivity contribution in [2.75, 3.05) is 14.2 Å². The summed E-state index contributed by atoms with van der Waals surface area (Å²) < 4.78 is 12.9. The molecule has 0 aliphatic carbocycles. The van der Waals surface area contributed by atoms with Crippen LogP contribution < -0.4 is 14.8 Å². The van der Waals surface area contributed by atoms with Gasteiger partial charge in [0.2, 0.25) is 0 Å². The van der Waals surface area contributed by atoms with Crippen LogP contribution in [0.15, 0.2) is 36.4 Å². The minimum absolute atomic E-state index is 0.133. The summed E-state index contributed by atoms with van der Waals surface area (Å²) in [6.07, 6.45) is 2.16. The van der Waals surface area contributed by atoms with Crippen LogP contribution in [0.2, 0.25) is 0 Å². The Bertz CT molecular complexity index is 1030. The van der Waals surface area contributed by atoms with Crippen molar-refractivity contribution in [3.05, 3.63) is 53.3 Å². The van der Waals surface area contributed by atoms with E-state index < -0.39 is 0 Å². The molecule has 6 nitrogen and oxygen atoms in total. The van der Waals surface area contributed by atoms with Crippen molar-refractivity contribution >= 4 is 16.9 Å². The van der Waals surface area contributed by atoms with Crippen LogP contribution in [0.4, 0.5) is 0 Å². The van der Waals surface area contributed by atoms with Crippen LogP contribution in [0.25, 0.3) is 11.0 Å². The third kappa shape index (κ3) is 3.42. The summed E-state index contributed by atoms with van der Waals surface area (Å²) in [5.41, 5.74) is 3.46. The first-order valence-corrected chi connectivity index (χ1v) is 9.57. The number of rotatable bonds is 5. The van der Waals surface area contributed by atoms with Crippen LogP contribution >= 0.6 is 0 Å². The van der Waals surface area contributed by atoms with Gasteiger partial charge in [-0.15, -0.1) is 0 Å². The van der Waals surface area contributed by atoms with E-state index in [2.05, 4.69) is 16.8 Å². The average molecular weight is 379 g/mol. The predicted octanol–water partition coefficient (Wildman–Crippen LogP) is 3.57. The van der Waals surface area contributed by atoms with E-state index in [0.717, 1.165) is 41.1 Å². The molecule has 1 N–H and O–H groups in total. The van der Waals surface area contributed by atoms with Crippen molar-refractivity contribution < 1.29 is 14.3 Å². The van der Waals surface area contributed by atoms with Gasteiger partial charge < -0.3 is 19.4 Å². The molecule has 3 aromatic rings. The molecule has 0 fully saturated rings. The third-order valence-electron chi connectivity index (χ3n) is 5.39. The molecule has 6 heteroatoms. The van der Waals surface area contributed by atoms with Gasteiger partial charge in [-0.1, -0.05) is 6.92 Å². The second kappa shape index (κ2) is 7.54. The zero-order chi connectivity index (χ0) is 19.7. The number of hydrogen-bond acceptors (Lipinski definition) is 4. The highest BCUT2D eigenvalue weighted by atomic mass is 16.5. The fourth-order valence-electron chi connectivity index (χ4n) is 3.79. The Morgan fingerprint density at radius 2 is 2.07 bits per heavy atom. The number of ether oxygens (including phenoxy) is 2. The number of carbonyl (C=O) groups excluding carboxylic acids is 1. The lowest BCUT2D eigenvalue weighted by molar-refractivity contribution is 0.0950. The molecule has 0 bridgehead atoms. The summed E-state index contributed by atoms with van der Waals surface area (Å²) in [6.45, 7) is 3.61. The maximum Gasteiger partial charge on any atom is 0.251 e. The first kappa shape index (κ1) is 18.3. The Morgan fingerprint density at radius 1 is 1.21 bits per heavy atom. The van der Waals surface area contributed by atoms with Gasteiger partial charge in [0.25, 0.3) is 5.91 Å². The second-order valence-corrected chi connectivity index (χ2v) is 7.34. The molecule has 1 aliphatic heterocycles. The zero-order valence-electron chi connectivity index (χ0n) is 16.5. The topological polar surface area (TPSA) is 65.4 Å². The second-order valence-electron chi connectivity index (χ2n) is 7.34. The Hall–Kier alpha value is -3.02. The van der Waals surface area contributed by atoms with Crippen molar-refractivity contribution in [3.8, 4) is 11.5 Å². The first-order valence-electron chi connectivity index (χ1n) is 9.57. The van der Waals surface area contributed by atoms with E-state index in [0.29, 0.717) is 23.8 Å². The van der Waals surface area contributed by atoms with E-state index in [1.807, 2.05) is 36.4 Å². The average Bonchev–Trinajstić information content (AvgIpc) is 3.08. The molecule has 146 valence electrons. The molecule has 2 heterocycles. The summed E-state index contributed by atoms with van der Waals surface area (Å²) in [5, 5.41) is 2.97. The quantitative estimate of drug-likeness (QED) is 0.736. The van der Waals surface area contributed by atoms with Crippen molar-refractivity contribution in [1.82, 2.24) is 14.9 Å². The standard InChI is InChI=1S/C22H25N3O3/c1-14-8-9-25-19-6-4-15(12-18(19)24-21(25)10-14)22(26)23-13-16-11-17(27-2)5-7-20(16)28-3/h4-7,11-12,14H,8-10,13H2,1-3H3,(H,23,26)/t14-/m0/s1. The lowest BCUT2D eigenvalue weighted by Gasteiger charge is -2.20. The zero-order valence-corrected chi connectivity index (χ0v) is 16.5. The number of nitrogens with zero attached hydrogens (tertiary/aromatic N) is 2. The van der Waals surface area contributed by atoms with Crippen LogP contribution in [-0.2, 0) is 19.5 Å². The third-order valence-corrected chi connectivity index (χ3v) is 5.39. The molecule has 4 rings (SSSR count). The van der Waals surface area contributed by atoms with Crippen molar-refractivity contribution in [2.45, 2.75) is 32.9 Å². The van der Waals surface area contributed by atoms with Gasteiger partial charge >= 0.3 is 0 Å². The fourth-order valence-corrected chi connectivity index (χ4v) is 3.79. The molecule has 0 saturated carbocycles. The molecule has 0 unspecified atom stereocenters. The van der Waals surface area contributed by atoms with Gasteiger partial charge in [0.15, 0.2) is 0 Å².